The summed E-state index contributed by atoms with van der Waals surface area (Å²) in [5.41, 5.74) is -0.747. The Bertz CT molecular complexity index is 315. The summed E-state index contributed by atoms with van der Waals surface area (Å²) in [6, 6.07) is 0. The van der Waals surface area contributed by atoms with Crippen LogP contribution in [0.4, 0.5) is 4.79 Å². The summed E-state index contributed by atoms with van der Waals surface area (Å²) in [5, 5.41) is 6.40. The van der Waals surface area contributed by atoms with Crippen LogP contribution in [-0.2, 0) is 4.74 Å². The van der Waals surface area contributed by atoms with E-state index in [1.807, 2.05) is 34.6 Å². The van der Waals surface area contributed by atoms with Gasteiger partial charge in [-0.2, -0.15) is 0 Å². The minimum Gasteiger partial charge on any atom is -0.444 e. The second-order valence-electron chi connectivity index (χ2n) is 7.98. The lowest BCUT2D eigenvalue weighted by atomic mass is 9.87. The zero-order chi connectivity index (χ0) is 15.9. The molecule has 1 aliphatic carbocycles. The molecule has 0 bridgehead atoms. The molecule has 1 amide bonds. The molecule has 0 aromatic carbocycles. The lowest BCUT2D eigenvalue weighted by Gasteiger charge is -2.29. The van der Waals surface area contributed by atoms with Gasteiger partial charge in [-0.05, 0) is 53.5 Å². The number of hydrogen-bond donors (Lipinski definition) is 2. The number of nitrogens with one attached hydrogen (secondary N) is 2. The number of alkyl carbamates (subject to hydrolysis) is 1. The summed E-state index contributed by atoms with van der Waals surface area (Å²) in [4.78, 5) is 11.8. The highest BCUT2D eigenvalue weighted by molar-refractivity contribution is 5.68. The van der Waals surface area contributed by atoms with E-state index in [1.54, 1.807) is 0 Å². The number of amides is 1. The Kier molecular flexibility index (Phi) is 6.98. The SMILES string of the molecule is CC(C)(CNCCC1CCCCC1)NC(=O)OC(C)(C)C. The van der Waals surface area contributed by atoms with Crippen molar-refractivity contribution in [3.63, 3.8) is 0 Å². The number of hydrogen-bond acceptors (Lipinski definition) is 3. The summed E-state index contributed by atoms with van der Waals surface area (Å²) in [6.07, 6.45) is 7.90. The van der Waals surface area contributed by atoms with Gasteiger partial charge in [0.2, 0.25) is 0 Å². The first-order valence-corrected chi connectivity index (χ1v) is 8.40. The lowest BCUT2D eigenvalue weighted by molar-refractivity contribution is 0.0472. The van der Waals surface area contributed by atoms with Gasteiger partial charge in [0.1, 0.15) is 5.60 Å². The maximum absolute atomic E-state index is 11.8. The molecule has 0 spiro atoms. The minimum atomic E-state index is -0.450. The van der Waals surface area contributed by atoms with Crippen LogP contribution in [0.1, 0.15) is 73.1 Å². The lowest BCUT2D eigenvalue weighted by Crippen LogP contribution is -2.51. The molecule has 0 saturated heterocycles. The van der Waals surface area contributed by atoms with Crippen molar-refractivity contribution in [1.29, 1.82) is 0 Å². The van der Waals surface area contributed by atoms with Gasteiger partial charge >= 0.3 is 6.09 Å². The summed E-state index contributed by atoms with van der Waals surface area (Å²) in [7, 11) is 0. The topological polar surface area (TPSA) is 50.4 Å². The molecule has 0 aliphatic heterocycles. The smallest absolute Gasteiger partial charge is 0.408 e. The van der Waals surface area contributed by atoms with Crippen molar-refractivity contribution in [2.24, 2.45) is 5.92 Å². The maximum Gasteiger partial charge on any atom is 0.408 e. The van der Waals surface area contributed by atoms with E-state index in [9.17, 15) is 4.79 Å². The molecule has 0 aromatic rings. The van der Waals surface area contributed by atoms with Crippen molar-refractivity contribution < 1.29 is 9.53 Å². The summed E-state index contributed by atoms with van der Waals surface area (Å²) >= 11 is 0. The van der Waals surface area contributed by atoms with Crippen LogP contribution < -0.4 is 10.6 Å². The van der Waals surface area contributed by atoms with E-state index < -0.39 is 5.60 Å². The van der Waals surface area contributed by atoms with E-state index in [4.69, 9.17) is 4.74 Å². The molecule has 0 aromatic heterocycles. The monoisotopic (exact) mass is 298 g/mol. The maximum atomic E-state index is 11.8. The molecule has 0 radical (unpaired) electrons. The second-order valence-corrected chi connectivity index (χ2v) is 7.98. The average Bonchev–Trinajstić information content (AvgIpc) is 2.33. The first kappa shape index (κ1) is 18.3. The van der Waals surface area contributed by atoms with Gasteiger partial charge in [0.15, 0.2) is 0 Å². The molecule has 4 heteroatoms. The molecule has 1 rings (SSSR count). The quantitative estimate of drug-likeness (QED) is 0.732. The first-order chi connectivity index (χ1) is 9.68. The predicted octanol–water partition coefficient (Wildman–Crippen LogP) is 3.85. The van der Waals surface area contributed by atoms with Crippen LogP contribution in [0, 0.1) is 5.92 Å². The highest BCUT2D eigenvalue weighted by atomic mass is 16.6. The van der Waals surface area contributed by atoms with E-state index in [1.165, 1.54) is 38.5 Å². The average molecular weight is 298 g/mol. The molecule has 2 N–H and O–H groups in total. The molecular weight excluding hydrogens is 264 g/mol. The van der Waals surface area contributed by atoms with Crippen molar-refractivity contribution in [1.82, 2.24) is 10.6 Å². The van der Waals surface area contributed by atoms with Crippen LogP contribution in [0.2, 0.25) is 0 Å². The van der Waals surface area contributed by atoms with Crippen molar-refractivity contribution in [3.05, 3.63) is 0 Å². The minimum absolute atomic E-state index is 0.297. The third-order valence-corrected chi connectivity index (χ3v) is 3.86. The fourth-order valence-corrected chi connectivity index (χ4v) is 2.81. The summed E-state index contributed by atoms with van der Waals surface area (Å²) < 4.78 is 5.30. The Hall–Kier alpha value is -0.770. The molecule has 1 fully saturated rings. The Morgan fingerprint density at radius 3 is 2.29 bits per heavy atom. The van der Waals surface area contributed by atoms with E-state index in [-0.39, 0.29) is 11.6 Å². The van der Waals surface area contributed by atoms with Crippen LogP contribution in [0.25, 0.3) is 0 Å². The van der Waals surface area contributed by atoms with E-state index in [2.05, 4.69) is 10.6 Å². The van der Waals surface area contributed by atoms with Crippen LogP contribution in [0.5, 0.6) is 0 Å². The van der Waals surface area contributed by atoms with Crippen LogP contribution >= 0.6 is 0 Å². The number of ether oxygens (including phenoxy) is 1. The highest BCUT2D eigenvalue weighted by Gasteiger charge is 2.24. The fourth-order valence-electron chi connectivity index (χ4n) is 2.81. The predicted molar refractivity (Wildman–Crippen MR) is 87.5 cm³/mol. The molecule has 1 saturated carbocycles. The number of rotatable bonds is 6. The van der Waals surface area contributed by atoms with Gasteiger partial charge in [0, 0.05) is 6.54 Å². The van der Waals surface area contributed by atoms with E-state index in [0.717, 1.165) is 19.0 Å². The highest BCUT2D eigenvalue weighted by Crippen LogP contribution is 2.25. The molecule has 21 heavy (non-hydrogen) atoms. The molecule has 124 valence electrons. The Labute approximate surface area is 130 Å². The van der Waals surface area contributed by atoms with Crippen LogP contribution in [-0.4, -0.2) is 30.3 Å². The van der Waals surface area contributed by atoms with Gasteiger partial charge < -0.3 is 15.4 Å². The second kappa shape index (κ2) is 8.02. The van der Waals surface area contributed by atoms with Crippen LogP contribution in [0.15, 0.2) is 0 Å². The van der Waals surface area contributed by atoms with Gasteiger partial charge in [-0.3, -0.25) is 0 Å². The van der Waals surface area contributed by atoms with E-state index >= 15 is 0 Å². The number of carbonyl (C=O) groups is 1. The summed E-state index contributed by atoms with van der Waals surface area (Å²) in [6.45, 7) is 11.5. The fraction of sp³-hybridized carbons (Fsp3) is 0.941. The third kappa shape index (κ3) is 8.97. The molecular formula is C17H34N2O2. The third-order valence-electron chi connectivity index (χ3n) is 3.86. The Morgan fingerprint density at radius 2 is 1.71 bits per heavy atom. The van der Waals surface area contributed by atoms with Crippen molar-refractivity contribution in [3.8, 4) is 0 Å². The van der Waals surface area contributed by atoms with Gasteiger partial charge in [0.25, 0.3) is 0 Å². The molecule has 0 atom stereocenters. The largest absolute Gasteiger partial charge is 0.444 e. The summed E-state index contributed by atoms with van der Waals surface area (Å²) in [5.74, 6) is 0.896. The van der Waals surface area contributed by atoms with Crippen LogP contribution in [0.3, 0.4) is 0 Å². The number of carbonyl (C=O) groups excluding carboxylic acids is 1. The normalized spacial score (nSPS) is 17.6. The zero-order valence-electron chi connectivity index (χ0n) is 14.6. The van der Waals surface area contributed by atoms with Crippen molar-refractivity contribution >= 4 is 6.09 Å². The Balaban J connectivity index is 2.18. The molecule has 0 unspecified atom stereocenters. The molecule has 4 nitrogen and oxygen atoms in total. The first-order valence-electron chi connectivity index (χ1n) is 8.40. The van der Waals surface area contributed by atoms with Crippen molar-refractivity contribution in [2.45, 2.75) is 84.3 Å². The van der Waals surface area contributed by atoms with Gasteiger partial charge in [0.05, 0.1) is 5.54 Å². The molecule has 1 aliphatic rings. The van der Waals surface area contributed by atoms with Crippen molar-refractivity contribution in [2.75, 3.05) is 13.1 Å². The van der Waals surface area contributed by atoms with Gasteiger partial charge in [-0.25, -0.2) is 4.79 Å². The zero-order valence-corrected chi connectivity index (χ0v) is 14.6. The molecule has 0 heterocycles. The standard InChI is InChI=1S/C17H34N2O2/c1-16(2,3)21-15(20)19-17(4,5)13-18-12-11-14-9-7-6-8-10-14/h14,18H,6-13H2,1-5H3,(H,19,20). The Morgan fingerprint density at radius 1 is 1.10 bits per heavy atom. The van der Waals surface area contributed by atoms with Gasteiger partial charge in [-0.1, -0.05) is 32.1 Å². The van der Waals surface area contributed by atoms with Gasteiger partial charge in [-0.15, -0.1) is 0 Å². The van der Waals surface area contributed by atoms with E-state index in [0.29, 0.717) is 0 Å².